The molecule has 5 heteroatoms. The van der Waals surface area contributed by atoms with Crippen molar-refractivity contribution in [3.63, 3.8) is 0 Å². The number of hydrogen-bond donors (Lipinski definition) is 1. The molecule has 1 rings (SSSR count). The Hall–Kier alpha value is -2.09. The van der Waals surface area contributed by atoms with Crippen LogP contribution in [0.1, 0.15) is 22.8 Å². The minimum Gasteiger partial charge on any atom is -0.477 e. The van der Waals surface area contributed by atoms with Crippen molar-refractivity contribution in [2.24, 2.45) is 7.05 Å². The Bertz CT molecular complexity index is 477. The van der Waals surface area contributed by atoms with Gasteiger partial charge in [-0.1, -0.05) is 0 Å². The van der Waals surface area contributed by atoms with Crippen LogP contribution in [0.3, 0.4) is 0 Å². The summed E-state index contributed by atoms with van der Waals surface area (Å²) in [7, 11) is 1.78. The number of hydrogen-bond acceptors (Lipinski definition) is 3. The second-order valence-electron chi connectivity index (χ2n) is 3.79. The van der Waals surface area contributed by atoms with Crippen LogP contribution < -0.4 is 9.47 Å². The Morgan fingerprint density at radius 1 is 1.65 bits per heavy atom. The highest BCUT2D eigenvalue weighted by molar-refractivity contribution is 5.94. The van der Waals surface area contributed by atoms with E-state index in [0.29, 0.717) is 17.9 Å². The van der Waals surface area contributed by atoms with Crippen LogP contribution in [0.4, 0.5) is 5.82 Å². The fraction of sp³-hybridized carbons (Fsp3) is 0.417. The molecular formula is C12H16N3O2+. The monoisotopic (exact) mass is 234 g/mol. The van der Waals surface area contributed by atoms with Gasteiger partial charge in [-0.2, -0.15) is 5.26 Å². The Balaban J connectivity index is 3.44. The molecule has 0 aliphatic heterocycles. The summed E-state index contributed by atoms with van der Waals surface area (Å²) in [6.07, 6.45) is 1.80. The van der Waals surface area contributed by atoms with Gasteiger partial charge >= 0.3 is 5.97 Å². The number of pyridine rings is 1. The third-order valence-electron chi connectivity index (χ3n) is 2.66. The average molecular weight is 234 g/mol. The lowest BCUT2D eigenvalue weighted by molar-refractivity contribution is -0.659. The molecular weight excluding hydrogens is 218 g/mol. The number of nitrogens with zero attached hydrogens (tertiary/aromatic N) is 3. The first-order chi connectivity index (χ1) is 8.02. The van der Waals surface area contributed by atoms with E-state index in [-0.39, 0.29) is 12.1 Å². The zero-order valence-electron chi connectivity index (χ0n) is 10.3. The SMILES string of the molecule is CCN(CC#N)c1c(C(=O)O)c(C)cc[n+]1C. The topological polar surface area (TPSA) is 68.2 Å². The van der Waals surface area contributed by atoms with Gasteiger partial charge in [0, 0.05) is 0 Å². The zero-order chi connectivity index (χ0) is 13.0. The molecule has 0 aliphatic rings. The van der Waals surface area contributed by atoms with Crippen LogP contribution in [0.2, 0.25) is 0 Å². The summed E-state index contributed by atoms with van der Waals surface area (Å²) < 4.78 is 1.73. The molecule has 0 unspecified atom stereocenters. The van der Waals surface area contributed by atoms with Gasteiger partial charge < -0.3 is 5.11 Å². The maximum absolute atomic E-state index is 11.3. The van der Waals surface area contributed by atoms with Crippen LogP contribution in [0.15, 0.2) is 12.3 Å². The van der Waals surface area contributed by atoms with Crippen LogP contribution >= 0.6 is 0 Å². The third kappa shape index (κ3) is 2.53. The first-order valence-corrected chi connectivity index (χ1v) is 5.37. The molecule has 1 aromatic heterocycles. The predicted molar refractivity (Wildman–Crippen MR) is 62.8 cm³/mol. The van der Waals surface area contributed by atoms with Crippen molar-refractivity contribution in [2.75, 3.05) is 18.0 Å². The molecule has 0 atom stereocenters. The fourth-order valence-corrected chi connectivity index (χ4v) is 1.80. The smallest absolute Gasteiger partial charge is 0.344 e. The van der Waals surface area contributed by atoms with Crippen molar-refractivity contribution in [3.05, 3.63) is 23.4 Å². The molecule has 0 bridgehead atoms. The van der Waals surface area contributed by atoms with E-state index >= 15 is 0 Å². The standard InChI is InChI=1S/C12H15N3O2/c1-4-15(8-6-13)11-10(12(16)17)9(2)5-7-14(11)3/h5,7H,4,8H2,1-3H3/p+1. The maximum Gasteiger partial charge on any atom is 0.344 e. The van der Waals surface area contributed by atoms with E-state index in [1.165, 1.54) is 0 Å². The lowest BCUT2D eigenvalue weighted by atomic mass is 10.1. The molecule has 1 aromatic rings. The molecule has 0 spiro atoms. The molecule has 0 radical (unpaired) electrons. The molecule has 0 aliphatic carbocycles. The van der Waals surface area contributed by atoms with E-state index in [4.69, 9.17) is 5.26 Å². The quantitative estimate of drug-likeness (QED) is 0.620. The second kappa shape index (κ2) is 5.30. The van der Waals surface area contributed by atoms with Crippen molar-refractivity contribution >= 4 is 11.8 Å². The summed E-state index contributed by atoms with van der Waals surface area (Å²) >= 11 is 0. The van der Waals surface area contributed by atoms with Gasteiger partial charge in [0.05, 0.1) is 19.8 Å². The van der Waals surface area contributed by atoms with Crippen LogP contribution in [0.5, 0.6) is 0 Å². The van der Waals surface area contributed by atoms with Crippen LogP contribution in [-0.4, -0.2) is 24.2 Å². The summed E-state index contributed by atoms with van der Waals surface area (Å²) in [6, 6.07) is 3.81. The van der Waals surface area contributed by atoms with Gasteiger partial charge in [-0.3, -0.25) is 0 Å². The molecule has 1 heterocycles. The zero-order valence-corrected chi connectivity index (χ0v) is 10.3. The van der Waals surface area contributed by atoms with Crippen molar-refractivity contribution in [3.8, 4) is 6.07 Å². The summed E-state index contributed by atoms with van der Waals surface area (Å²) in [5, 5.41) is 18.0. The largest absolute Gasteiger partial charge is 0.477 e. The lowest BCUT2D eigenvalue weighted by Crippen LogP contribution is -2.41. The van der Waals surface area contributed by atoms with E-state index in [0.717, 1.165) is 0 Å². The number of aromatic nitrogens is 1. The predicted octanol–water partition coefficient (Wildman–Crippen LogP) is 0.868. The molecule has 0 fully saturated rings. The Morgan fingerprint density at radius 3 is 2.76 bits per heavy atom. The number of carboxylic acids is 1. The first kappa shape index (κ1) is 13.0. The van der Waals surface area contributed by atoms with Gasteiger partial charge in [0.1, 0.15) is 6.07 Å². The summed E-state index contributed by atoms with van der Waals surface area (Å²) in [5.41, 5.74) is 0.953. The maximum atomic E-state index is 11.3. The molecule has 5 nitrogen and oxygen atoms in total. The number of aryl methyl sites for hydroxylation is 2. The number of nitriles is 1. The number of carbonyl (C=O) groups is 1. The summed E-state index contributed by atoms with van der Waals surface area (Å²) in [4.78, 5) is 13.0. The minimum atomic E-state index is -0.968. The van der Waals surface area contributed by atoms with Gasteiger partial charge in [-0.25, -0.2) is 14.3 Å². The molecule has 0 saturated carbocycles. The second-order valence-corrected chi connectivity index (χ2v) is 3.79. The van der Waals surface area contributed by atoms with Gasteiger partial charge in [0.25, 0.3) is 5.82 Å². The highest BCUT2D eigenvalue weighted by Crippen LogP contribution is 2.18. The summed E-state index contributed by atoms with van der Waals surface area (Å²) in [6.45, 7) is 4.41. The van der Waals surface area contributed by atoms with Gasteiger partial charge in [0.15, 0.2) is 12.1 Å². The van der Waals surface area contributed by atoms with Crippen LogP contribution in [0.25, 0.3) is 0 Å². The van der Waals surface area contributed by atoms with Crippen LogP contribution in [0, 0.1) is 18.3 Å². The first-order valence-electron chi connectivity index (χ1n) is 5.37. The molecule has 0 amide bonds. The minimum absolute atomic E-state index is 0.175. The van der Waals surface area contributed by atoms with Gasteiger partial charge in [-0.05, 0) is 25.5 Å². The Kier molecular flexibility index (Phi) is 4.05. The average Bonchev–Trinajstić information content (AvgIpc) is 2.28. The van der Waals surface area contributed by atoms with E-state index in [9.17, 15) is 9.90 Å². The third-order valence-corrected chi connectivity index (χ3v) is 2.66. The van der Waals surface area contributed by atoms with E-state index in [1.807, 2.05) is 13.0 Å². The lowest BCUT2D eigenvalue weighted by Gasteiger charge is -2.16. The van der Waals surface area contributed by atoms with Crippen molar-refractivity contribution in [1.82, 2.24) is 0 Å². The normalized spacial score (nSPS) is 9.76. The molecule has 17 heavy (non-hydrogen) atoms. The Labute approximate surface area is 101 Å². The molecule has 0 aromatic carbocycles. The van der Waals surface area contributed by atoms with Gasteiger partial charge in [0.2, 0.25) is 0 Å². The highest BCUT2D eigenvalue weighted by atomic mass is 16.4. The van der Waals surface area contributed by atoms with Crippen LogP contribution in [-0.2, 0) is 7.05 Å². The van der Waals surface area contributed by atoms with E-state index < -0.39 is 5.97 Å². The van der Waals surface area contributed by atoms with E-state index in [1.54, 1.807) is 35.7 Å². The van der Waals surface area contributed by atoms with E-state index in [2.05, 4.69) is 0 Å². The number of carboxylic acid groups (broad SMARTS) is 1. The number of anilines is 1. The van der Waals surface area contributed by atoms with Crippen molar-refractivity contribution in [1.29, 1.82) is 5.26 Å². The highest BCUT2D eigenvalue weighted by Gasteiger charge is 2.26. The van der Waals surface area contributed by atoms with Crippen molar-refractivity contribution in [2.45, 2.75) is 13.8 Å². The molecule has 0 saturated heterocycles. The van der Waals surface area contributed by atoms with Gasteiger partial charge in [-0.15, -0.1) is 0 Å². The molecule has 90 valence electrons. The summed E-state index contributed by atoms with van der Waals surface area (Å²) in [5.74, 6) is -0.397. The number of rotatable bonds is 4. The van der Waals surface area contributed by atoms with Crippen molar-refractivity contribution < 1.29 is 14.5 Å². The Morgan fingerprint density at radius 2 is 2.29 bits per heavy atom. The fourth-order valence-electron chi connectivity index (χ4n) is 1.80. The number of aromatic carboxylic acids is 1. The molecule has 1 N–H and O–H groups in total.